The predicted octanol–water partition coefficient (Wildman–Crippen LogP) is 5.20. The SMILES string of the molecule is CCOc1ccc(C#CC(F)=C(F)C#Cc2ccc(CC)cc2)cc1. The second kappa shape index (κ2) is 9.30. The average Bonchev–Trinajstić information content (AvgIpc) is 2.66. The third kappa shape index (κ3) is 5.83. The minimum Gasteiger partial charge on any atom is -0.494 e. The summed E-state index contributed by atoms with van der Waals surface area (Å²) in [6.45, 7) is 4.49. The van der Waals surface area contributed by atoms with Gasteiger partial charge in [-0.15, -0.1) is 0 Å². The Bertz CT molecular complexity index is 855. The number of ether oxygens (including phenoxy) is 1. The van der Waals surface area contributed by atoms with Crippen molar-refractivity contribution < 1.29 is 13.5 Å². The van der Waals surface area contributed by atoms with Crippen molar-refractivity contribution in [1.82, 2.24) is 0 Å². The maximum atomic E-state index is 13.7. The quantitative estimate of drug-likeness (QED) is 0.700. The van der Waals surface area contributed by atoms with Crippen molar-refractivity contribution in [3.05, 3.63) is 76.9 Å². The minimum atomic E-state index is -1.17. The summed E-state index contributed by atoms with van der Waals surface area (Å²) < 4.78 is 32.7. The maximum Gasteiger partial charge on any atom is 0.217 e. The largest absolute Gasteiger partial charge is 0.494 e. The molecule has 25 heavy (non-hydrogen) atoms. The molecule has 126 valence electrons. The number of hydrogen-bond acceptors (Lipinski definition) is 1. The third-order valence-corrected chi connectivity index (χ3v) is 3.35. The molecule has 0 radical (unpaired) electrons. The molecule has 0 fully saturated rings. The lowest BCUT2D eigenvalue weighted by Crippen LogP contribution is -1.90. The molecule has 3 heteroatoms. The highest BCUT2D eigenvalue weighted by molar-refractivity contribution is 5.46. The molecule has 0 saturated heterocycles. The lowest BCUT2D eigenvalue weighted by atomic mass is 10.1. The van der Waals surface area contributed by atoms with E-state index in [1.807, 2.05) is 26.0 Å². The molecular formula is C22H18F2O. The van der Waals surface area contributed by atoms with Gasteiger partial charge in [0.2, 0.25) is 11.7 Å². The van der Waals surface area contributed by atoms with Crippen molar-refractivity contribution >= 4 is 0 Å². The summed E-state index contributed by atoms with van der Waals surface area (Å²) >= 11 is 0. The topological polar surface area (TPSA) is 9.23 Å². The highest BCUT2D eigenvalue weighted by atomic mass is 19.2. The third-order valence-electron chi connectivity index (χ3n) is 3.35. The Morgan fingerprint density at radius 2 is 1.28 bits per heavy atom. The van der Waals surface area contributed by atoms with Crippen LogP contribution in [0.1, 0.15) is 30.5 Å². The summed E-state index contributed by atoms with van der Waals surface area (Å²) in [4.78, 5) is 0. The molecule has 2 rings (SSSR count). The van der Waals surface area contributed by atoms with Crippen LogP contribution in [0.2, 0.25) is 0 Å². The zero-order valence-corrected chi connectivity index (χ0v) is 14.2. The Kier molecular flexibility index (Phi) is 6.81. The molecule has 0 spiro atoms. The van der Waals surface area contributed by atoms with Crippen LogP contribution in [-0.4, -0.2) is 6.61 Å². The number of rotatable bonds is 3. The van der Waals surface area contributed by atoms with Gasteiger partial charge in [-0.2, -0.15) is 8.78 Å². The fourth-order valence-electron chi connectivity index (χ4n) is 1.99. The van der Waals surface area contributed by atoms with Crippen LogP contribution in [0.3, 0.4) is 0 Å². The number of allylic oxidation sites excluding steroid dienone is 2. The average molecular weight is 336 g/mol. The summed E-state index contributed by atoms with van der Waals surface area (Å²) in [6.07, 6.45) is 0.914. The predicted molar refractivity (Wildman–Crippen MR) is 96.4 cm³/mol. The van der Waals surface area contributed by atoms with E-state index in [4.69, 9.17) is 4.74 Å². The lowest BCUT2D eigenvalue weighted by Gasteiger charge is -2.01. The highest BCUT2D eigenvalue weighted by Crippen LogP contribution is 2.12. The van der Waals surface area contributed by atoms with E-state index in [0.717, 1.165) is 12.0 Å². The first-order chi connectivity index (χ1) is 12.1. The Hall–Kier alpha value is -3.04. The van der Waals surface area contributed by atoms with Gasteiger partial charge in [0.15, 0.2) is 0 Å². The van der Waals surface area contributed by atoms with E-state index < -0.39 is 11.7 Å². The first kappa shape index (κ1) is 18.3. The molecule has 0 unspecified atom stereocenters. The van der Waals surface area contributed by atoms with Gasteiger partial charge in [0.05, 0.1) is 6.61 Å². The molecule has 0 amide bonds. The number of halogens is 2. The molecule has 0 atom stereocenters. The molecule has 1 nitrogen and oxygen atoms in total. The minimum absolute atomic E-state index is 0.563. The van der Waals surface area contributed by atoms with Crippen molar-refractivity contribution in [2.24, 2.45) is 0 Å². The van der Waals surface area contributed by atoms with Crippen molar-refractivity contribution in [2.75, 3.05) is 6.61 Å². The molecule has 0 aliphatic carbocycles. The number of benzene rings is 2. The van der Waals surface area contributed by atoms with Crippen LogP contribution < -0.4 is 4.74 Å². The Morgan fingerprint density at radius 3 is 1.72 bits per heavy atom. The van der Waals surface area contributed by atoms with Gasteiger partial charge in [-0.05, 0) is 67.1 Å². The summed E-state index contributed by atoms with van der Waals surface area (Å²) in [5.41, 5.74) is 2.35. The molecule has 0 aromatic heterocycles. The molecule has 2 aromatic rings. The van der Waals surface area contributed by atoms with Crippen molar-refractivity contribution in [3.63, 3.8) is 0 Å². The van der Waals surface area contributed by atoms with Gasteiger partial charge in [-0.3, -0.25) is 0 Å². The van der Waals surface area contributed by atoms with E-state index in [0.29, 0.717) is 23.5 Å². The second-order valence-electron chi connectivity index (χ2n) is 5.14. The maximum absolute atomic E-state index is 13.7. The first-order valence-corrected chi connectivity index (χ1v) is 8.03. The van der Waals surface area contributed by atoms with Crippen LogP contribution in [0.15, 0.2) is 60.2 Å². The fourth-order valence-corrected chi connectivity index (χ4v) is 1.99. The van der Waals surface area contributed by atoms with E-state index in [1.165, 1.54) is 0 Å². The zero-order valence-electron chi connectivity index (χ0n) is 14.2. The van der Waals surface area contributed by atoms with Crippen LogP contribution in [0, 0.1) is 23.7 Å². The van der Waals surface area contributed by atoms with Crippen LogP contribution in [0.4, 0.5) is 8.78 Å². The Balaban J connectivity index is 2.10. The lowest BCUT2D eigenvalue weighted by molar-refractivity contribution is 0.340. The van der Waals surface area contributed by atoms with Gasteiger partial charge in [0.25, 0.3) is 0 Å². The van der Waals surface area contributed by atoms with Gasteiger partial charge < -0.3 is 4.74 Å². The smallest absolute Gasteiger partial charge is 0.217 e. The standard InChI is InChI=1S/C22H18F2O/c1-3-17-5-7-18(8-6-17)11-15-21(23)22(24)16-12-19-9-13-20(14-10-19)25-4-2/h5-10,13-14H,3-4H2,1-2H3. The van der Waals surface area contributed by atoms with Crippen LogP contribution >= 0.6 is 0 Å². The van der Waals surface area contributed by atoms with Crippen LogP contribution in [0.5, 0.6) is 5.75 Å². The summed E-state index contributed by atoms with van der Waals surface area (Å²) in [6, 6.07) is 14.2. The molecule has 0 aliphatic heterocycles. The van der Waals surface area contributed by atoms with Crippen molar-refractivity contribution in [2.45, 2.75) is 20.3 Å². The second-order valence-corrected chi connectivity index (χ2v) is 5.14. The van der Waals surface area contributed by atoms with Gasteiger partial charge in [0.1, 0.15) is 5.75 Å². The van der Waals surface area contributed by atoms with Crippen LogP contribution in [0.25, 0.3) is 0 Å². The summed E-state index contributed by atoms with van der Waals surface area (Å²) in [7, 11) is 0. The van der Waals surface area contributed by atoms with E-state index in [9.17, 15) is 8.78 Å². The Labute approximate surface area is 147 Å². The molecule has 0 N–H and O–H groups in total. The van der Waals surface area contributed by atoms with Crippen LogP contribution in [-0.2, 0) is 6.42 Å². The highest BCUT2D eigenvalue weighted by Gasteiger charge is 1.99. The number of aryl methyl sites for hydroxylation is 1. The van der Waals surface area contributed by atoms with Gasteiger partial charge in [0, 0.05) is 11.1 Å². The molecule has 0 saturated carbocycles. The van der Waals surface area contributed by atoms with E-state index in [1.54, 1.807) is 36.4 Å². The normalized spacial score (nSPS) is 10.7. The molecule has 0 aliphatic rings. The summed E-state index contributed by atoms with van der Waals surface area (Å²) in [5, 5.41) is 0. The number of hydrogen-bond donors (Lipinski definition) is 0. The fraction of sp³-hybridized carbons (Fsp3) is 0.182. The molecule has 2 aromatic carbocycles. The first-order valence-electron chi connectivity index (χ1n) is 8.03. The van der Waals surface area contributed by atoms with Gasteiger partial charge >= 0.3 is 0 Å². The van der Waals surface area contributed by atoms with E-state index in [2.05, 4.69) is 23.7 Å². The molecule has 0 bridgehead atoms. The van der Waals surface area contributed by atoms with Crippen molar-refractivity contribution in [1.29, 1.82) is 0 Å². The van der Waals surface area contributed by atoms with Gasteiger partial charge in [-0.1, -0.05) is 30.9 Å². The van der Waals surface area contributed by atoms with E-state index >= 15 is 0 Å². The van der Waals surface area contributed by atoms with Crippen molar-refractivity contribution in [3.8, 4) is 29.4 Å². The summed E-state index contributed by atoms with van der Waals surface area (Å²) in [5.74, 6) is 7.82. The van der Waals surface area contributed by atoms with E-state index in [-0.39, 0.29) is 0 Å². The Morgan fingerprint density at radius 1 is 0.800 bits per heavy atom. The monoisotopic (exact) mass is 336 g/mol. The van der Waals surface area contributed by atoms with Gasteiger partial charge in [-0.25, -0.2) is 0 Å². The zero-order chi connectivity index (χ0) is 18.1. The molecule has 0 heterocycles. The molecular weight excluding hydrogens is 318 g/mol.